The molecule has 5 heteroatoms. The molecule has 2 aromatic carbocycles. The van der Waals surface area contributed by atoms with Gasteiger partial charge < -0.3 is 10.2 Å². The smallest absolute Gasteiger partial charge is 0.227 e. The molecule has 0 aliphatic carbocycles. The molecule has 29 heavy (non-hydrogen) atoms. The van der Waals surface area contributed by atoms with Crippen LogP contribution in [0.2, 0.25) is 0 Å². The zero-order valence-corrected chi connectivity index (χ0v) is 16.3. The molecule has 1 N–H and O–H groups in total. The molecule has 0 spiro atoms. The van der Waals surface area contributed by atoms with Crippen LogP contribution in [0.15, 0.2) is 79.0 Å². The summed E-state index contributed by atoms with van der Waals surface area (Å²) in [5, 5.41) is 3.11. The maximum atomic E-state index is 13.1. The summed E-state index contributed by atoms with van der Waals surface area (Å²) in [4.78, 5) is 31.7. The molecule has 1 aromatic heterocycles. The van der Waals surface area contributed by atoms with Crippen molar-refractivity contribution in [2.75, 3.05) is 11.4 Å². The second-order valence-electron chi connectivity index (χ2n) is 7.35. The van der Waals surface area contributed by atoms with Gasteiger partial charge in [0.05, 0.1) is 17.7 Å². The predicted octanol–water partition coefficient (Wildman–Crippen LogP) is 3.65. The van der Waals surface area contributed by atoms with E-state index in [9.17, 15) is 9.59 Å². The Bertz CT molecular complexity index is 948. The molecule has 1 aliphatic rings. The third-order valence-electron chi connectivity index (χ3n) is 5.24. The fourth-order valence-electron chi connectivity index (χ4n) is 3.64. The number of nitrogens with one attached hydrogen (secondary N) is 1. The molecule has 1 fully saturated rings. The van der Waals surface area contributed by atoms with Gasteiger partial charge in [-0.15, -0.1) is 0 Å². The number of amides is 2. The van der Waals surface area contributed by atoms with Crippen LogP contribution in [0.1, 0.15) is 29.3 Å². The van der Waals surface area contributed by atoms with E-state index in [2.05, 4.69) is 10.3 Å². The van der Waals surface area contributed by atoms with Gasteiger partial charge in [0, 0.05) is 24.8 Å². The highest BCUT2D eigenvalue weighted by Crippen LogP contribution is 2.27. The second kappa shape index (κ2) is 8.27. The van der Waals surface area contributed by atoms with Gasteiger partial charge in [-0.05, 0) is 36.8 Å². The minimum Gasteiger partial charge on any atom is -0.343 e. The van der Waals surface area contributed by atoms with Gasteiger partial charge in [0.2, 0.25) is 11.8 Å². The first-order valence-corrected chi connectivity index (χ1v) is 9.75. The van der Waals surface area contributed by atoms with Crippen molar-refractivity contribution in [1.82, 2.24) is 10.3 Å². The topological polar surface area (TPSA) is 62.3 Å². The van der Waals surface area contributed by atoms with Gasteiger partial charge in [-0.25, -0.2) is 0 Å². The molecule has 2 atom stereocenters. The standard InChI is InChI=1S/C24H23N3O2/c1-17-10-12-20(13-11-17)27-16-19(15-22(27)28)24(29)26-23(18-7-3-2-4-8-18)21-9-5-6-14-25-21/h2-14,19,23H,15-16H2,1H3,(H,26,29). The number of aryl methyl sites for hydroxylation is 1. The average molecular weight is 385 g/mol. The van der Waals surface area contributed by atoms with E-state index in [1.807, 2.05) is 79.7 Å². The molecular formula is C24H23N3O2. The van der Waals surface area contributed by atoms with Crippen LogP contribution < -0.4 is 10.2 Å². The van der Waals surface area contributed by atoms with Crippen LogP contribution in [0.25, 0.3) is 0 Å². The summed E-state index contributed by atoms with van der Waals surface area (Å²) < 4.78 is 0. The Labute approximate surface area is 170 Å². The van der Waals surface area contributed by atoms with Crippen molar-refractivity contribution in [3.05, 3.63) is 95.8 Å². The zero-order chi connectivity index (χ0) is 20.2. The Balaban J connectivity index is 1.52. The van der Waals surface area contributed by atoms with Gasteiger partial charge in [-0.3, -0.25) is 14.6 Å². The van der Waals surface area contributed by atoms with E-state index in [-0.39, 0.29) is 24.3 Å². The number of hydrogen-bond donors (Lipinski definition) is 1. The van der Waals surface area contributed by atoms with Crippen molar-refractivity contribution in [3.8, 4) is 0 Å². The molecular weight excluding hydrogens is 362 g/mol. The Hall–Kier alpha value is -3.47. The van der Waals surface area contributed by atoms with Gasteiger partial charge in [0.25, 0.3) is 0 Å². The van der Waals surface area contributed by atoms with Gasteiger partial charge in [-0.1, -0.05) is 54.1 Å². The second-order valence-corrected chi connectivity index (χ2v) is 7.35. The monoisotopic (exact) mass is 385 g/mol. The predicted molar refractivity (Wildman–Crippen MR) is 112 cm³/mol. The number of carbonyl (C=O) groups is 2. The van der Waals surface area contributed by atoms with Crippen molar-refractivity contribution in [1.29, 1.82) is 0 Å². The van der Waals surface area contributed by atoms with Crippen LogP contribution in [-0.4, -0.2) is 23.3 Å². The van der Waals surface area contributed by atoms with E-state index in [4.69, 9.17) is 0 Å². The number of carbonyl (C=O) groups excluding carboxylic acids is 2. The summed E-state index contributed by atoms with van der Waals surface area (Å²) in [7, 11) is 0. The lowest BCUT2D eigenvalue weighted by molar-refractivity contribution is -0.126. The molecule has 0 radical (unpaired) electrons. The number of anilines is 1. The first-order chi connectivity index (χ1) is 14.1. The maximum Gasteiger partial charge on any atom is 0.227 e. The first-order valence-electron chi connectivity index (χ1n) is 9.75. The minimum atomic E-state index is -0.390. The SMILES string of the molecule is Cc1ccc(N2CC(C(=O)NC(c3ccccc3)c3ccccn3)CC2=O)cc1. The Morgan fingerprint density at radius 3 is 2.45 bits per heavy atom. The van der Waals surface area contributed by atoms with Crippen molar-refractivity contribution < 1.29 is 9.59 Å². The fraction of sp³-hybridized carbons (Fsp3) is 0.208. The lowest BCUT2D eigenvalue weighted by Crippen LogP contribution is -2.36. The van der Waals surface area contributed by atoms with E-state index in [0.29, 0.717) is 6.54 Å². The quantitative estimate of drug-likeness (QED) is 0.729. The number of nitrogens with zero attached hydrogens (tertiary/aromatic N) is 2. The third-order valence-corrected chi connectivity index (χ3v) is 5.24. The first kappa shape index (κ1) is 18.9. The van der Waals surface area contributed by atoms with Crippen molar-refractivity contribution in [3.63, 3.8) is 0 Å². The van der Waals surface area contributed by atoms with Gasteiger partial charge in [-0.2, -0.15) is 0 Å². The molecule has 1 aliphatic heterocycles. The zero-order valence-electron chi connectivity index (χ0n) is 16.3. The maximum absolute atomic E-state index is 13.1. The Kier molecular flexibility index (Phi) is 5.38. The van der Waals surface area contributed by atoms with Crippen LogP contribution in [-0.2, 0) is 9.59 Å². The molecule has 4 rings (SSSR count). The highest BCUT2D eigenvalue weighted by Gasteiger charge is 2.36. The largest absolute Gasteiger partial charge is 0.343 e. The number of pyridine rings is 1. The summed E-state index contributed by atoms with van der Waals surface area (Å²) in [5.74, 6) is -0.547. The highest BCUT2D eigenvalue weighted by molar-refractivity contribution is 6.00. The number of rotatable bonds is 5. The third kappa shape index (κ3) is 4.19. The van der Waals surface area contributed by atoms with E-state index >= 15 is 0 Å². The van der Waals surface area contributed by atoms with Crippen LogP contribution in [0.3, 0.4) is 0 Å². The summed E-state index contributed by atoms with van der Waals surface area (Å²) in [6.07, 6.45) is 1.93. The minimum absolute atomic E-state index is 0.0249. The Morgan fingerprint density at radius 2 is 1.76 bits per heavy atom. The molecule has 0 saturated carbocycles. The lowest BCUT2D eigenvalue weighted by Gasteiger charge is -2.21. The molecule has 2 unspecified atom stereocenters. The molecule has 5 nitrogen and oxygen atoms in total. The molecule has 146 valence electrons. The molecule has 1 saturated heterocycles. The normalized spacial score (nSPS) is 17.2. The Morgan fingerprint density at radius 1 is 1.03 bits per heavy atom. The molecule has 3 aromatic rings. The fourth-order valence-corrected chi connectivity index (χ4v) is 3.64. The van der Waals surface area contributed by atoms with E-state index in [0.717, 1.165) is 22.5 Å². The van der Waals surface area contributed by atoms with Gasteiger partial charge in [0.1, 0.15) is 0 Å². The van der Waals surface area contributed by atoms with Crippen LogP contribution in [0, 0.1) is 12.8 Å². The number of benzene rings is 2. The molecule has 2 heterocycles. The van der Waals surface area contributed by atoms with E-state index in [1.54, 1.807) is 11.1 Å². The summed E-state index contributed by atoms with van der Waals surface area (Å²) in [6.45, 7) is 2.39. The lowest BCUT2D eigenvalue weighted by atomic mass is 10.0. The number of hydrogen-bond acceptors (Lipinski definition) is 3. The summed E-state index contributed by atoms with van der Waals surface area (Å²) in [5.41, 5.74) is 3.70. The average Bonchev–Trinajstić information content (AvgIpc) is 3.15. The summed E-state index contributed by atoms with van der Waals surface area (Å²) >= 11 is 0. The summed E-state index contributed by atoms with van der Waals surface area (Å²) in [6, 6.07) is 22.9. The van der Waals surface area contributed by atoms with Crippen LogP contribution in [0.4, 0.5) is 5.69 Å². The van der Waals surface area contributed by atoms with Gasteiger partial charge >= 0.3 is 0 Å². The van der Waals surface area contributed by atoms with Crippen molar-refractivity contribution in [2.45, 2.75) is 19.4 Å². The highest BCUT2D eigenvalue weighted by atomic mass is 16.2. The van der Waals surface area contributed by atoms with Crippen molar-refractivity contribution in [2.24, 2.45) is 5.92 Å². The van der Waals surface area contributed by atoms with E-state index in [1.165, 1.54) is 0 Å². The van der Waals surface area contributed by atoms with E-state index < -0.39 is 5.92 Å². The van der Waals surface area contributed by atoms with Crippen LogP contribution >= 0.6 is 0 Å². The number of aromatic nitrogens is 1. The van der Waals surface area contributed by atoms with Gasteiger partial charge in [0.15, 0.2) is 0 Å². The molecule has 2 amide bonds. The van der Waals surface area contributed by atoms with Crippen LogP contribution in [0.5, 0.6) is 0 Å². The molecule has 0 bridgehead atoms. The van der Waals surface area contributed by atoms with Crippen molar-refractivity contribution >= 4 is 17.5 Å².